The molecular weight excluding hydrogens is 316 g/mol. The van der Waals surface area contributed by atoms with Gasteiger partial charge in [-0.2, -0.15) is 0 Å². The Morgan fingerprint density at radius 1 is 0.696 bits per heavy atom. The third-order valence-electron chi connectivity index (χ3n) is 5.12. The van der Waals surface area contributed by atoms with Crippen LogP contribution in [0.1, 0.15) is 0 Å². The molecule has 0 fully saturated rings. The Labute approximate surface area is 140 Å². The minimum Gasteiger partial charge on any atom is -0.456 e. The number of furan rings is 1. The zero-order chi connectivity index (χ0) is 16.8. The molecule has 0 radical (unpaired) electrons. The molecule has 2 N–H and O–H groups in total. The van der Waals surface area contributed by atoms with E-state index in [0.717, 1.165) is 11.2 Å². The maximum atomic E-state index is 6.48. The molecule has 1 heterocycles. The Kier molecular flexibility index (Phi) is 4.00. The highest BCUT2D eigenvalue weighted by atomic mass is 28.3. The van der Waals surface area contributed by atoms with Gasteiger partial charge in [0.15, 0.2) is 16.5 Å². The topological polar surface area (TPSA) is 37.2 Å². The van der Waals surface area contributed by atoms with Crippen molar-refractivity contribution in [3.63, 3.8) is 0 Å². The summed E-state index contributed by atoms with van der Waals surface area (Å²) in [7, 11) is 0.703. The third-order valence-corrected chi connectivity index (χ3v) is 11.1. The molecule has 1 aromatic heterocycles. The predicted molar refractivity (Wildman–Crippen MR) is 106 cm³/mol. The Hall–Kier alpha value is -1.41. The molecule has 3 aromatic rings. The highest BCUT2D eigenvalue weighted by Crippen LogP contribution is 2.28. The second-order valence-electron chi connectivity index (χ2n) is 7.22. The molecule has 0 saturated carbocycles. The number of benzene rings is 2. The summed E-state index contributed by atoms with van der Waals surface area (Å²) in [6.45, 7) is 9.29. The van der Waals surface area contributed by atoms with E-state index in [1.165, 1.54) is 21.1 Å². The first kappa shape index (κ1) is 16.5. The summed E-state index contributed by atoms with van der Waals surface area (Å²) in [5.41, 5.74) is 2.11. The van der Waals surface area contributed by atoms with Crippen molar-refractivity contribution in [1.82, 2.24) is 9.96 Å². The molecule has 0 spiro atoms. The lowest BCUT2D eigenvalue weighted by molar-refractivity contribution is 0.673. The molecule has 0 bridgehead atoms. The first-order chi connectivity index (χ1) is 10.8. The second kappa shape index (κ2) is 5.59. The number of nitrogens with one attached hydrogen (secondary N) is 2. The van der Waals surface area contributed by atoms with Crippen LogP contribution >= 0.6 is 0 Å². The largest absolute Gasteiger partial charge is 0.456 e. The van der Waals surface area contributed by atoms with Gasteiger partial charge >= 0.3 is 0 Å². The third kappa shape index (κ3) is 2.57. The molecule has 122 valence electrons. The van der Waals surface area contributed by atoms with E-state index in [1.54, 1.807) is 0 Å². The Balaban J connectivity index is 2.40. The average Bonchev–Trinajstić information content (AvgIpc) is 2.93. The van der Waals surface area contributed by atoms with E-state index in [9.17, 15) is 0 Å². The van der Waals surface area contributed by atoms with Crippen LogP contribution in [0.2, 0.25) is 26.2 Å². The summed E-state index contributed by atoms with van der Waals surface area (Å²) < 4.78 is 6.48. The average molecular weight is 343 g/mol. The van der Waals surface area contributed by atoms with E-state index in [0.29, 0.717) is 0 Å². The van der Waals surface area contributed by atoms with Gasteiger partial charge in [-0.05, 0) is 24.5 Å². The van der Waals surface area contributed by atoms with E-state index in [-0.39, 0.29) is 0 Å². The summed E-state index contributed by atoms with van der Waals surface area (Å²) in [6, 6.07) is 13.1. The maximum Gasteiger partial charge on any atom is 0.156 e. The molecule has 0 aliphatic heterocycles. The second-order valence-corrected chi connectivity index (χ2v) is 15.8. The van der Waals surface area contributed by atoms with Crippen LogP contribution in [0.3, 0.4) is 0 Å². The van der Waals surface area contributed by atoms with E-state index in [1.807, 2.05) is 0 Å². The lowest BCUT2D eigenvalue weighted by atomic mass is 10.1. The van der Waals surface area contributed by atoms with Gasteiger partial charge in [0.1, 0.15) is 11.2 Å². The van der Waals surface area contributed by atoms with E-state index >= 15 is 0 Å². The fourth-order valence-electron chi connectivity index (χ4n) is 3.07. The van der Waals surface area contributed by atoms with Crippen molar-refractivity contribution in [1.29, 1.82) is 0 Å². The van der Waals surface area contributed by atoms with Gasteiger partial charge in [-0.3, -0.25) is 0 Å². The van der Waals surface area contributed by atoms with Crippen LogP contribution < -0.4 is 20.3 Å². The van der Waals surface area contributed by atoms with Crippen molar-refractivity contribution >= 4 is 48.8 Å². The van der Waals surface area contributed by atoms with Crippen molar-refractivity contribution in [2.24, 2.45) is 0 Å². The van der Waals surface area contributed by atoms with Crippen LogP contribution in [-0.2, 0) is 0 Å². The molecule has 5 heteroatoms. The van der Waals surface area contributed by atoms with Crippen LogP contribution in [0.5, 0.6) is 0 Å². The Morgan fingerprint density at radius 2 is 1.09 bits per heavy atom. The van der Waals surface area contributed by atoms with E-state index in [2.05, 4.69) is 86.6 Å². The molecule has 0 unspecified atom stereocenters. The summed E-state index contributed by atoms with van der Waals surface area (Å²) in [5.74, 6) is 0. The smallest absolute Gasteiger partial charge is 0.156 e. The summed E-state index contributed by atoms with van der Waals surface area (Å²) in [4.78, 5) is 7.05. The normalized spacial score (nSPS) is 13.1. The molecule has 3 nitrogen and oxygen atoms in total. The van der Waals surface area contributed by atoms with Gasteiger partial charge in [0, 0.05) is 10.8 Å². The maximum absolute atomic E-state index is 6.48. The summed E-state index contributed by atoms with van der Waals surface area (Å²) >= 11 is 0. The number of para-hydroxylation sites is 2. The highest BCUT2D eigenvalue weighted by Gasteiger charge is 2.29. The van der Waals surface area contributed by atoms with E-state index < -0.39 is 16.5 Å². The van der Waals surface area contributed by atoms with Crippen molar-refractivity contribution < 1.29 is 4.42 Å². The standard InChI is InChI=1S/C18H26N2OSi2/c1-19-22(3,4)15-11-7-9-13-14-10-8-12-16(23(5,6)20-2)18(14)21-17(13)15/h7-12,19-20H,1-6H3. The number of rotatable bonds is 4. The first-order valence-electron chi connectivity index (χ1n) is 8.15. The van der Waals surface area contributed by atoms with Crippen LogP contribution in [0, 0.1) is 0 Å². The fraction of sp³-hybridized carbons (Fsp3) is 0.333. The lowest BCUT2D eigenvalue weighted by Gasteiger charge is -2.22. The first-order valence-corrected chi connectivity index (χ1v) is 14.1. The van der Waals surface area contributed by atoms with Crippen LogP contribution in [0.15, 0.2) is 40.8 Å². The van der Waals surface area contributed by atoms with Crippen LogP contribution in [-0.4, -0.2) is 30.6 Å². The molecule has 23 heavy (non-hydrogen) atoms. The Bertz CT molecular complexity index is 798. The van der Waals surface area contributed by atoms with Crippen molar-refractivity contribution in [3.8, 4) is 0 Å². The van der Waals surface area contributed by atoms with Crippen LogP contribution in [0.4, 0.5) is 0 Å². The van der Waals surface area contributed by atoms with Crippen molar-refractivity contribution in [2.45, 2.75) is 26.2 Å². The fourth-order valence-corrected chi connectivity index (χ4v) is 6.15. The highest BCUT2D eigenvalue weighted by molar-refractivity contribution is 6.90. The lowest BCUT2D eigenvalue weighted by Crippen LogP contribution is -2.54. The van der Waals surface area contributed by atoms with Gasteiger partial charge in [-0.25, -0.2) is 0 Å². The zero-order valence-electron chi connectivity index (χ0n) is 14.9. The van der Waals surface area contributed by atoms with Gasteiger partial charge < -0.3 is 14.4 Å². The Morgan fingerprint density at radius 3 is 1.43 bits per heavy atom. The van der Waals surface area contributed by atoms with Crippen molar-refractivity contribution in [3.05, 3.63) is 36.4 Å². The molecular formula is C18H26N2OSi2. The zero-order valence-corrected chi connectivity index (χ0v) is 16.9. The number of hydrogen-bond acceptors (Lipinski definition) is 3. The quantitative estimate of drug-likeness (QED) is 0.716. The predicted octanol–water partition coefficient (Wildman–Crippen LogP) is 2.85. The van der Waals surface area contributed by atoms with Gasteiger partial charge in [0.05, 0.1) is 0 Å². The number of fused-ring (bicyclic) bond motifs is 3. The monoisotopic (exact) mass is 342 g/mol. The SMILES string of the molecule is CN[Si](C)(C)c1cccc2c1oc1c([Si](C)(C)NC)cccc12. The molecule has 0 saturated heterocycles. The summed E-state index contributed by atoms with van der Waals surface area (Å²) in [6.07, 6.45) is 0. The molecule has 0 atom stereocenters. The minimum atomic E-state index is -1.70. The molecule has 0 amide bonds. The molecule has 0 aliphatic rings. The minimum absolute atomic E-state index is 1.06. The number of hydrogen-bond donors (Lipinski definition) is 2. The molecule has 3 rings (SSSR count). The van der Waals surface area contributed by atoms with E-state index in [4.69, 9.17) is 4.42 Å². The molecule has 0 aliphatic carbocycles. The van der Waals surface area contributed by atoms with Gasteiger partial charge in [-0.1, -0.05) is 62.6 Å². The van der Waals surface area contributed by atoms with Gasteiger partial charge in [-0.15, -0.1) is 0 Å². The summed E-state index contributed by atoms with van der Waals surface area (Å²) in [5, 5.41) is 5.14. The van der Waals surface area contributed by atoms with Crippen molar-refractivity contribution in [2.75, 3.05) is 14.1 Å². The van der Waals surface area contributed by atoms with Crippen LogP contribution in [0.25, 0.3) is 21.9 Å². The van der Waals surface area contributed by atoms with Gasteiger partial charge in [0.2, 0.25) is 0 Å². The van der Waals surface area contributed by atoms with Gasteiger partial charge in [0.25, 0.3) is 0 Å². The molecule has 2 aromatic carbocycles.